The number of hydrogen-bond acceptors (Lipinski definition) is 3. The first-order chi connectivity index (χ1) is 15.6. The molecule has 1 fully saturated rings. The number of amides is 2. The number of allylic oxidation sites excluding steroid dienone is 2. The van der Waals surface area contributed by atoms with Crippen LogP contribution in [0.15, 0.2) is 60.3 Å². The summed E-state index contributed by atoms with van der Waals surface area (Å²) in [7, 11) is 0. The second-order valence-corrected chi connectivity index (χ2v) is 8.63. The van der Waals surface area contributed by atoms with Crippen molar-refractivity contribution in [1.82, 2.24) is 9.88 Å². The fraction of sp³-hybridized carbons (Fsp3) is 0.385. The summed E-state index contributed by atoms with van der Waals surface area (Å²) in [4.78, 5) is 19.4. The molecule has 1 aliphatic heterocycles. The normalized spacial score (nSPS) is 16.6. The minimum absolute atomic E-state index is 0.186. The summed E-state index contributed by atoms with van der Waals surface area (Å²) < 4.78 is 13.5. The van der Waals surface area contributed by atoms with Gasteiger partial charge in [0.15, 0.2) is 0 Å². The van der Waals surface area contributed by atoms with Crippen LogP contribution in [-0.4, -0.2) is 29.0 Å². The summed E-state index contributed by atoms with van der Waals surface area (Å²) in [6.45, 7) is 3.11. The Hall–Kier alpha value is -3.15. The Kier molecular flexibility index (Phi) is 7.20. The van der Waals surface area contributed by atoms with Gasteiger partial charge in [-0.3, -0.25) is 4.90 Å². The maximum atomic E-state index is 13.5. The average Bonchev–Trinajstić information content (AvgIpc) is 2.80. The molecule has 2 heterocycles. The zero-order valence-corrected chi connectivity index (χ0v) is 18.6. The zero-order valence-electron chi connectivity index (χ0n) is 18.6. The summed E-state index contributed by atoms with van der Waals surface area (Å²) in [5.74, 6) is 0.910. The number of carbonyl (C=O) groups is 1. The monoisotopic (exact) mass is 434 g/mol. The second-order valence-electron chi connectivity index (χ2n) is 8.63. The van der Waals surface area contributed by atoms with Gasteiger partial charge in [0.05, 0.1) is 5.69 Å². The predicted octanol–water partition coefficient (Wildman–Crippen LogP) is 6.23. The van der Waals surface area contributed by atoms with Gasteiger partial charge in [-0.1, -0.05) is 43.5 Å². The third-order valence-corrected chi connectivity index (χ3v) is 6.08. The van der Waals surface area contributed by atoms with Gasteiger partial charge < -0.3 is 10.6 Å². The molecular weight excluding hydrogens is 403 g/mol. The largest absolute Gasteiger partial charge is 0.368 e. The van der Waals surface area contributed by atoms with Gasteiger partial charge in [-0.05, 0) is 61.6 Å². The highest BCUT2D eigenvalue weighted by Gasteiger charge is 2.20. The molecule has 2 aliphatic rings. The maximum Gasteiger partial charge on any atom is 0.326 e. The van der Waals surface area contributed by atoms with E-state index in [0.717, 1.165) is 29.7 Å². The van der Waals surface area contributed by atoms with Crippen molar-refractivity contribution in [3.63, 3.8) is 0 Å². The van der Waals surface area contributed by atoms with Crippen molar-refractivity contribution < 1.29 is 9.18 Å². The molecular formula is C26H31FN4O. The van der Waals surface area contributed by atoms with E-state index in [9.17, 15) is 9.18 Å². The molecule has 2 amide bonds. The Labute approximate surface area is 189 Å². The number of nitrogens with zero attached hydrogens (tertiary/aromatic N) is 2. The number of benzene rings is 1. The summed E-state index contributed by atoms with van der Waals surface area (Å²) >= 11 is 0. The standard InChI is InChI=1S/C26H31FN4O/c1-19-7-6-16-31(18-19)26(32)30-24-13-12-23(21-9-3-2-4-10-21)29-25(24)28-15-14-20-8-5-11-22(27)17-20/h5-8,11-13,17-18,21H,2-4,9-10,14-16H2,1H3,(H,28,29)(H,30,32). The van der Waals surface area contributed by atoms with Crippen LogP contribution in [-0.2, 0) is 6.42 Å². The highest BCUT2D eigenvalue weighted by molar-refractivity contribution is 5.93. The van der Waals surface area contributed by atoms with Gasteiger partial charge in [0.2, 0.25) is 0 Å². The number of pyridine rings is 1. The van der Waals surface area contributed by atoms with Crippen molar-refractivity contribution >= 4 is 17.5 Å². The third kappa shape index (κ3) is 5.75. The van der Waals surface area contributed by atoms with E-state index in [1.807, 2.05) is 43.5 Å². The van der Waals surface area contributed by atoms with Crippen molar-refractivity contribution in [2.24, 2.45) is 0 Å². The summed E-state index contributed by atoms with van der Waals surface area (Å²) in [5.41, 5.74) is 3.69. The lowest BCUT2D eigenvalue weighted by Crippen LogP contribution is -2.32. The number of carbonyl (C=O) groups excluding carboxylic acids is 1. The van der Waals surface area contributed by atoms with E-state index in [4.69, 9.17) is 4.98 Å². The van der Waals surface area contributed by atoms with Crippen LogP contribution in [0.4, 0.5) is 20.7 Å². The number of anilines is 2. The number of hydrogen-bond donors (Lipinski definition) is 2. The van der Waals surface area contributed by atoms with Crippen molar-refractivity contribution in [1.29, 1.82) is 0 Å². The van der Waals surface area contributed by atoms with Crippen LogP contribution >= 0.6 is 0 Å². The van der Waals surface area contributed by atoms with Crippen LogP contribution in [0, 0.1) is 5.82 Å². The Morgan fingerprint density at radius 1 is 1.19 bits per heavy atom. The average molecular weight is 435 g/mol. The molecule has 0 bridgehead atoms. The predicted molar refractivity (Wildman–Crippen MR) is 127 cm³/mol. The molecule has 1 aromatic carbocycles. The van der Waals surface area contributed by atoms with Crippen molar-refractivity contribution in [2.45, 2.75) is 51.4 Å². The molecule has 2 aromatic rings. The number of aromatic nitrogens is 1. The quantitative estimate of drug-likeness (QED) is 0.567. The fourth-order valence-corrected chi connectivity index (χ4v) is 4.38. The summed E-state index contributed by atoms with van der Waals surface area (Å²) in [6, 6.07) is 10.4. The highest BCUT2D eigenvalue weighted by Crippen LogP contribution is 2.33. The summed E-state index contributed by atoms with van der Waals surface area (Å²) in [6.07, 6.45) is 12.6. The van der Waals surface area contributed by atoms with Gasteiger partial charge in [-0.15, -0.1) is 0 Å². The van der Waals surface area contributed by atoms with E-state index in [1.54, 1.807) is 17.0 Å². The van der Waals surface area contributed by atoms with E-state index < -0.39 is 0 Å². The van der Waals surface area contributed by atoms with Crippen molar-refractivity contribution in [3.8, 4) is 0 Å². The molecule has 0 atom stereocenters. The van der Waals surface area contributed by atoms with Crippen molar-refractivity contribution in [2.75, 3.05) is 23.7 Å². The summed E-state index contributed by atoms with van der Waals surface area (Å²) in [5, 5.41) is 6.39. The van der Waals surface area contributed by atoms with E-state index in [-0.39, 0.29) is 11.8 Å². The lowest BCUT2D eigenvalue weighted by molar-refractivity contribution is 0.231. The molecule has 6 heteroatoms. The number of nitrogens with one attached hydrogen (secondary N) is 2. The van der Waals surface area contributed by atoms with Gasteiger partial charge >= 0.3 is 6.03 Å². The van der Waals surface area contributed by atoms with Crippen LogP contribution in [0.1, 0.15) is 56.2 Å². The van der Waals surface area contributed by atoms with Gasteiger partial charge in [0.1, 0.15) is 11.6 Å². The zero-order chi connectivity index (χ0) is 22.3. The minimum Gasteiger partial charge on any atom is -0.368 e. The topological polar surface area (TPSA) is 57.3 Å². The van der Waals surface area contributed by atoms with Crippen LogP contribution in [0.5, 0.6) is 0 Å². The van der Waals surface area contributed by atoms with Crippen LogP contribution < -0.4 is 10.6 Å². The smallest absolute Gasteiger partial charge is 0.326 e. The first-order valence-electron chi connectivity index (χ1n) is 11.5. The van der Waals surface area contributed by atoms with Gasteiger partial charge in [0.25, 0.3) is 0 Å². The highest BCUT2D eigenvalue weighted by atomic mass is 19.1. The first kappa shape index (κ1) is 22.1. The van der Waals surface area contributed by atoms with Gasteiger partial charge in [-0.25, -0.2) is 14.2 Å². The molecule has 2 N–H and O–H groups in total. The number of urea groups is 1. The Morgan fingerprint density at radius 2 is 2.03 bits per heavy atom. The molecule has 0 spiro atoms. The number of halogens is 1. The molecule has 0 unspecified atom stereocenters. The van der Waals surface area contributed by atoms with Crippen LogP contribution in [0.2, 0.25) is 0 Å². The Balaban J connectivity index is 1.49. The SMILES string of the molecule is CC1=CN(C(=O)Nc2ccc(C3CCCCC3)nc2NCCc2cccc(F)c2)CC=C1. The molecule has 168 valence electrons. The van der Waals surface area contributed by atoms with E-state index in [0.29, 0.717) is 36.9 Å². The third-order valence-electron chi connectivity index (χ3n) is 6.08. The number of rotatable bonds is 6. The van der Waals surface area contributed by atoms with E-state index in [2.05, 4.69) is 10.6 Å². The lowest BCUT2D eigenvalue weighted by atomic mass is 9.86. The first-order valence-corrected chi connectivity index (χ1v) is 11.5. The van der Waals surface area contributed by atoms with Crippen LogP contribution in [0.3, 0.4) is 0 Å². The van der Waals surface area contributed by atoms with Crippen molar-refractivity contribution in [3.05, 3.63) is 77.4 Å². The molecule has 1 aliphatic carbocycles. The molecule has 0 saturated heterocycles. The van der Waals surface area contributed by atoms with Gasteiger partial charge in [0, 0.05) is 30.9 Å². The van der Waals surface area contributed by atoms with E-state index in [1.165, 1.54) is 25.3 Å². The van der Waals surface area contributed by atoms with Gasteiger partial charge in [-0.2, -0.15) is 0 Å². The Bertz CT molecular complexity index is 1010. The maximum absolute atomic E-state index is 13.5. The molecule has 5 nitrogen and oxygen atoms in total. The fourth-order valence-electron chi connectivity index (χ4n) is 4.38. The lowest BCUT2D eigenvalue weighted by Gasteiger charge is -2.24. The molecule has 0 radical (unpaired) electrons. The van der Waals surface area contributed by atoms with Crippen LogP contribution in [0.25, 0.3) is 0 Å². The van der Waals surface area contributed by atoms with E-state index >= 15 is 0 Å². The molecule has 1 aromatic heterocycles. The molecule has 32 heavy (non-hydrogen) atoms. The minimum atomic E-state index is -0.230. The molecule has 1 saturated carbocycles. The Morgan fingerprint density at radius 3 is 2.81 bits per heavy atom. The second kappa shape index (κ2) is 10.4. The molecule has 4 rings (SSSR count).